The van der Waals surface area contributed by atoms with Crippen molar-refractivity contribution in [3.8, 4) is 0 Å². The normalized spacial score (nSPS) is 10.8. The van der Waals surface area contributed by atoms with Crippen molar-refractivity contribution < 1.29 is 42.7 Å². The summed E-state index contributed by atoms with van der Waals surface area (Å²) in [5.41, 5.74) is 1.49. The van der Waals surface area contributed by atoms with Gasteiger partial charge >= 0.3 is 6.09 Å². The molecule has 0 aromatic heterocycles. The van der Waals surface area contributed by atoms with Crippen LogP contribution in [0.3, 0.4) is 0 Å². The van der Waals surface area contributed by atoms with Crippen molar-refractivity contribution in [2.75, 3.05) is 91.6 Å². The van der Waals surface area contributed by atoms with Crippen molar-refractivity contribution in [3.63, 3.8) is 0 Å². The van der Waals surface area contributed by atoms with Crippen LogP contribution in [-0.2, 0) is 44.6 Å². The van der Waals surface area contributed by atoms with E-state index in [4.69, 9.17) is 33.2 Å². The highest BCUT2D eigenvalue weighted by atomic mass is 16.6. The molecule has 0 saturated heterocycles. The average molecular weight is 515 g/mol. The Morgan fingerprint density at radius 2 is 1.11 bits per heavy atom. The molecule has 1 aromatic carbocycles. The van der Waals surface area contributed by atoms with Crippen LogP contribution in [-0.4, -0.2) is 98.3 Å². The number of amides is 2. The van der Waals surface area contributed by atoms with E-state index in [1.165, 1.54) is 7.05 Å². The van der Waals surface area contributed by atoms with Crippen LogP contribution in [0.2, 0.25) is 0 Å². The summed E-state index contributed by atoms with van der Waals surface area (Å²) in [7, 11) is 1.50. The third-order valence-corrected chi connectivity index (χ3v) is 4.49. The highest BCUT2D eigenvalue weighted by Crippen LogP contribution is 2.11. The lowest BCUT2D eigenvalue weighted by molar-refractivity contribution is -0.117. The first-order valence-electron chi connectivity index (χ1n) is 12.4. The lowest BCUT2D eigenvalue weighted by Crippen LogP contribution is -2.18. The Bertz CT molecular complexity index is 674. The number of nitrogens with one attached hydrogen (secondary N) is 2. The van der Waals surface area contributed by atoms with Gasteiger partial charge in [0.05, 0.1) is 79.1 Å². The van der Waals surface area contributed by atoms with E-state index in [1.54, 1.807) is 24.3 Å². The summed E-state index contributed by atoms with van der Waals surface area (Å²) in [6.07, 6.45) is 0.762. The molecule has 0 radical (unpaired) electrons. The maximum absolute atomic E-state index is 12.0. The second kappa shape index (κ2) is 23.1. The molecule has 2 N–H and O–H groups in total. The van der Waals surface area contributed by atoms with E-state index >= 15 is 0 Å². The minimum Gasteiger partial charge on any atom is -0.445 e. The van der Waals surface area contributed by atoms with Gasteiger partial charge in [0.25, 0.3) is 0 Å². The van der Waals surface area contributed by atoms with Crippen LogP contribution in [0.1, 0.15) is 25.3 Å². The number of ether oxygens (including phenoxy) is 7. The second-order valence-electron chi connectivity index (χ2n) is 7.50. The van der Waals surface area contributed by atoms with Crippen LogP contribution < -0.4 is 10.6 Å². The predicted octanol–water partition coefficient (Wildman–Crippen LogP) is 2.38. The monoisotopic (exact) mass is 514 g/mol. The fourth-order valence-electron chi connectivity index (χ4n) is 2.64. The number of alkyl carbamates (subject to hydrolysis) is 1. The maximum atomic E-state index is 12.0. The van der Waals surface area contributed by atoms with Gasteiger partial charge in [-0.15, -0.1) is 0 Å². The molecule has 0 atom stereocenters. The molecular formula is C25H42N2O9. The highest BCUT2D eigenvalue weighted by molar-refractivity contribution is 5.90. The number of benzene rings is 1. The lowest BCUT2D eigenvalue weighted by Gasteiger charge is -2.09. The Balaban J connectivity index is 1.85. The van der Waals surface area contributed by atoms with Crippen LogP contribution in [0.5, 0.6) is 0 Å². The van der Waals surface area contributed by atoms with Gasteiger partial charge in [0, 0.05) is 19.3 Å². The van der Waals surface area contributed by atoms with E-state index in [9.17, 15) is 9.59 Å². The number of carbonyl (C=O) groups is 2. The zero-order valence-corrected chi connectivity index (χ0v) is 21.6. The van der Waals surface area contributed by atoms with Gasteiger partial charge in [0.1, 0.15) is 6.61 Å². The zero-order valence-electron chi connectivity index (χ0n) is 21.6. The molecule has 0 spiro atoms. The number of hydrogen-bond donors (Lipinski definition) is 2. The van der Waals surface area contributed by atoms with Gasteiger partial charge < -0.3 is 43.8 Å². The molecule has 0 fully saturated rings. The summed E-state index contributed by atoms with van der Waals surface area (Å²) in [5, 5.41) is 5.17. The largest absolute Gasteiger partial charge is 0.445 e. The first-order chi connectivity index (χ1) is 17.7. The van der Waals surface area contributed by atoms with Crippen molar-refractivity contribution >= 4 is 17.7 Å². The Hall–Kier alpha value is -2.28. The van der Waals surface area contributed by atoms with Crippen LogP contribution in [0, 0.1) is 0 Å². The Morgan fingerprint density at radius 3 is 1.56 bits per heavy atom. The highest BCUT2D eigenvalue weighted by Gasteiger charge is 2.04. The van der Waals surface area contributed by atoms with Crippen molar-refractivity contribution in [2.24, 2.45) is 0 Å². The van der Waals surface area contributed by atoms with Gasteiger partial charge in [0.15, 0.2) is 0 Å². The molecule has 0 bridgehead atoms. The van der Waals surface area contributed by atoms with Gasteiger partial charge in [-0.25, -0.2) is 4.79 Å². The Labute approximate surface area is 214 Å². The average Bonchev–Trinajstić information content (AvgIpc) is 2.89. The number of rotatable bonds is 23. The van der Waals surface area contributed by atoms with Gasteiger partial charge in [-0.3, -0.25) is 4.79 Å². The topological polar surface area (TPSA) is 123 Å². The summed E-state index contributed by atoms with van der Waals surface area (Å²) < 4.78 is 37.4. The summed E-state index contributed by atoms with van der Waals surface area (Å²) >= 11 is 0. The van der Waals surface area contributed by atoms with Gasteiger partial charge in [-0.1, -0.05) is 19.1 Å². The molecule has 36 heavy (non-hydrogen) atoms. The quantitative estimate of drug-likeness (QED) is 0.212. The Kier molecular flexibility index (Phi) is 20.4. The SMILES string of the molecule is CCCOCCOCCOCCOCCOCCOCCC(=O)Nc1ccc(COC(=O)NC)cc1. The Morgan fingerprint density at radius 1 is 0.667 bits per heavy atom. The van der Waals surface area contributed by atoms with Crippen LogP contribution in [0.4, 0.5) is 10.5 Å². The van der Waals surface area contributed by atoms with Crippen molar-refractivity contribution in [3.05, 3.63) is 29.8 Å². The van der Waals surface area contributed by atoms with E-state index in [1.807, 2.05) is 0 Å². The van der Waals surface area contributed by atoms with Crippen molar-refractivity contribution in [2.45, 2.75) is 26.4 Å². The van der Waals surface area contributed by atoms with Crippen LogP contribution >= 0.6 is 0 Å². The minimum absolute atomic E-state index is 0.145. The van der Waals surface area contributed by atoms with Crippen molar-refractivity contribution in [1.29, 1.82) is 0 Å². The predicted molar refractivity (Wildman–Crippen MR) is 134 cm³/mol. The molecule has 1 aromatic rings. The third kappa shape index (κ3) is 19.0. The van der Waals surface area contributed by atoms with Gasteiger partial charge in [-0.2, -0.15) is 0 Å². The van der Waals surface area contributed by atoms with E-state index < -0.39 is 6.09 Å². The maximum Gasteiger partial charge on any atom is 0.407 e. The molecular weight excluding hydrogens is 472 g/mol. The fraction of sp³-hybridized carbons (Fsp3) is 0.680. The summed E-state index contributed by atoms with van der Waals surface area (Å²) in [5.74, 6) is -0.145. The van der Waals surface area contributed by atoms with E-state index in [0.717, 1.165) is 18.6 Å². The van der Waals surface area contributed by atoms with Crippen LogP contribution in [0.15, 0.2) is 24.3 Å². The zero-order chi connectivity index (χ0) is 26.1. The smallest absolute Gasteiger partial charge is 0.407 e. The van der Waals surface area contributed by atoms with Crippen molar-refractivity contribution in [1.82, 2.24) is 5.32 Å². The first-order valence-corrected chi connectivity index (χ1v) is 12.4. The molecule has 11 nitrogen and oxygen atoms in total. The third-order valence-electron chi connectivity index (χ3n) is 4.49. The van der Waals surface area contributed by atoms with E-state index in [2.05, 4.69) is 17.6 Å². The molecule has 11 heteroatoms. The molecule has 0 aliphatic heterocycles. The molecule has 0 aliphatic carbocycles. The molecule has 0 aliphatic rings. The molecule has 1 rings (SSSR count). The number of carbonyl (C=O) groups excluding carboxylic acids is 2. The standard InChI is InChI=1S/C25H42N2O9/c1-3-9-30-11-13-32-15-17-34-19-20-35-18-16-33-14-12-31-10-8-24(28)27-23-6-4-22(5-7-23)21-36-25(29)26-2/h4-7H,3,8-21H2,1-2H3,(H,26,29)(H,27,28). The fourth-order valence-corrected chi connectivity index (χ4v) is 2.64. The number of anilines is 1. The molecule has 0 heterocycles. The second-order valence-corrected chi connectivity index (χ2v) is 7.50. The summed E-state index contributed by atoms with van der Waals surface area (Å²) in [4.78, 5) is 23.1. The number of hydrogen-bond acceptors (Lipinski definition) is 9. The molecule has 2 amide bonds. The first kappa shape index (κ1) is 31.7. The summed E-state index contributed by atoms with van der Waals surface area (Å²) in [6.45, 7) is 8.38. The van der Waals surface area contributed by atoms with E-state index in [0.29, 0.717) is 78.4 Å². The minimum atomic E-state index is -0.492. The summed E-state index contributed by atoms with van der Waals surface area (Å²) in [6, 6.07) is 7.07. The van der Waals surface area contributed by atoms with Gasteiger partial charge in [0.2, 0.25) is 5.91 Å². The molecule has 206 valence electrons. The molecule has 0 saturated carbocycles. The lowest BCUT2D eigenvalue weighted by atomic mass is 10.2. The molecule has 0 unspecified atom stereocenters. The van der Waals surface area contributed by atoms with Gasteiger partial charge in [-0.05, 0) is 24.1 Å². The van der Waals surface area contributed by atoms with Crippen LogP contribution in [0.25, 0.3) is 0 Å². The van der Waals surface area contributed by atoms with E-state index in [-0.39, 0.29) is 18.9 Å².